The lowest BCUT2D eigenvalue weighted by atomic mass is 9.81. The third-order valence-electron chi connectivity index (χ3n) is 6.68. The van der Waals surface area contributed by atoms with Gasteiger partial charge >= 0.3 is 12.3 Å². The van der Waals surface area contributed by atoms with Gasteiger partial charge in [0.2, 0.25) is 5.91 Å². The lowest BCUT2D eigenvalue weighted by Gasteiger charge is -2.35. The Morgan fingerprint density at radius 2 is 1.80 bits per heavy atom. The first-order valence-electron chi connectivity index (χ1n) is 13.0. The highest BCUT2D eigenvalue weighted by atomic mass is 32.1. The molecule has 0 aliphatic heterocycles. The van der Waals surface area contributed by atoms with Crippen LogP contribution in [0.15, 0.2) is 42.7 Å². The van der Waals surface area contributed by atoms with Crippen LogP contribution in [-0.4, -0.2) is 67.3 Å². The second-order valence-electron chi connectivity index (χ2n) is 9.74. The monoisotopic (exact) mass is 595 g/mol. The predicted octanol–water partition coefficient (Wildman–Crippen LogP) is 4.41. The largest absolute Gasteiger partial charge is 0.445 e. The number of fused-ring (bicyclic) bond motifs is 1. The molecule has 14 heteroatoms. The first kappa shape index (κ1) is 30.5. The van der Waals surface area contributed by atoms with Gasteiger partial charge in [0.05, 0.1) is 18.4 Å². The molecular weight excluding hydrogens is 563 g/mol. The number of anilines is 1. The minimum absolute atomic E-state index is 0.0950. The number of carbonyl (C=O) groups is 2. The summed E-state index contributed by atoms with van der Waals surface area (Å²) in [6, 6.07) is 9.93. The van der Waals surface area contributed by atoms with E-state index in [0.29, 0.717) is 35.3 Å². The van der Waals surface area contributed by atoms with Crippen molar-refractivity contribution in [2.75, 3.05) is 26.1 Å². The normalized spacial score (nSPS) is 19.2. The number of thiophene rings is 1. The van der Waals surface area contributed by atoms with Crippen LogP contribution in [0.25, 0.3) is 10.2 Å². The Morgan fingerprint density at radius 1 is 1.07 bits per heavy atom. The molecule has 0 saturated heterocycles. The molecule has 0 bridgehead atoms. The molecule has 222 valence electrons. The average Bonchev–Trinajstić information content (AvgIpc) is 3.34. The van der Waals surface area contributed by atoms with Gasteiger partial charge in [0.1, 0.15) is 23.6 Å². The van der Waals surface area contributed by atoms with Gasteiger partial charge in [0.25, 0.3) is 0 Å². The van der Waals surface area contributed by atoms with Gasteiger partial charge in [-0.3, -0.25) is 4.79 Å². The molecule has 41 heavy (non-hydrogen) atoms. The lowest BCUT2D eigenvalue weighted by molar-refractivity contribution is -0.132. The van der Waals surface area contributed by atoms with Gasteiger partial charge in [0.15, 0.2) is 6.29 Å². The Hall–Kier alpha value is -3.49. The molecule has 1 fully saturated rings. The van der Waals surface area contributed by atoms with Crippen LogP contribution < -0.4 is 16.0 Å². The maximum atomic E-state index is 13.1. The first-order chi connectivity index (χ1) is 19.6. The Bertz CT molecular complexity index is 1310. The standard InChI is InChI=1S/C27H32F3N5O5S/c1-38-22(39-2)13-31-24(36)17-8-18(10-19(9-17)35-26(37)40-14-16-6-4-3-5-7-16)34-23-21-11-20(12-27(28,29)30)41-25(21)33-15-32-23/h3-7,11,15,17-19,22H,8-10,12-14H2,1-2H3,(H,31,36)(H,35,37)(H,32,33,34)/t17-,18+,19-/m0/s1. The van der Waals surface area contributed by atoms with Gasteiger partial charge in [-0.05, 0) is 30.9 Å². The Labute approximate surface area is 239 Å². The van der Waals surface area contributed by atoms with Crippen molar-refractivity contribution in [1.82, 2.24) is 20.6 Å². The number of carbonyl (C=O) groups excluding carboxylic acids is 2. The summed E-state index contributed by atoms with van der Waals surface area (Å²) in [5.74, 6) is -0.360. The van der Waals surface area contributed by atoms with Crippen LogP contribution in [0.1, 0.15) is 29.7 Å². The van der Waals surface area contributed by atoms with Crippen molar-refractivity contribution >= 4 is 39.4 Å². The predicted molar refractivity (Wildman–Crippen MR) is 146 cm³/mol. The van der Waals surface area contributed by atoms with Crippen LogP contribution in [0.5, 0.6) is 0 Å². The fourth-order valence-electron chi connectivity index (χ4n) is 4.79. The zero-order valence-electron chi connectivity index (χ0n) is 22.6. The fraction of sp³-hybridized carbons (Fsp3) is 0.481. The molecule has 2 aromatic heterocycles. The third kappa shape index (κ3) is 9.00. The highest BCUT2D eigenvalue weighted by Crippen LogP contribution is 2.34. The molecule has 0 spiro atoms. The summed E-state index contributed by atoms with van der Waals surface area (Å²) >= 11 is 0.959. The van der Waals surface area contributed by atoms with E-state index in [4.69, 9.17) is 14.2 Å². The molecule has 0 radical (unpaired) electrons. The number of nitrogens with zero attached hydrogens (tertiary/aromatic N) is 2. The number of halogens is 3. The van der Waals surface area contributed by atoms with Gasteiger partial charge in [0, 0.05) is 37.1 Å². The molecule has 10 nitrogen and oxygen atoms in total. The number of methoxy groups -OCH3 is 2. The molecule has 3 aromatic rings. The number of rotatable bonds is 11. The molecule has 1 aromatic carbocycles. The molecule has 1 aliphatic rings. The minimum Gasteiger partial charge on any atom is -0.445 e. The number of hydrogen-bond acceptors (Lipinski definition) is 9. The van der Waals surface area contributed by atoms with E-state index >= 15 is 0 Å². The van der Waals surface area contributed by atoms with Gasteiger partial charge in [-0.2, -0.15) is 13.2 Å². The van der Waals surface area contributed by atoms with Crippen LogP contribution in [0.3, 0.4) is 0 Å². The fourth-order valence-corrected chi connectivity index (χ4v) is 5.82. The minimum atomic E-state index is -4.34. The molecule has 0 unspecified atom stereocenters. The van der Waals surface area contributed by atoms with Crippen LogP contribution in [0.4, 0.5) is 23.8 Å². The third-order valence-corrected chi connectivity index (χ3v) is 7.72. The summed E-state index contributed by atoms with van der Waals surface area (Å²) in [5, 5.41) is 9.44. The lowest BCUT2D eigenvalue weighted by Crippen LogP contribution is -2.49. The number of benzene rings is 1. The Morgan fingerprint density at radius 3 is 2.51 bits per heavy atom. The first-order valence-corrected chi connectivity index (χ1v) is 13.8. The van der Waals surface area contributed by atoms with Crippen molar-refractivity contribution in [3.63, 3.8) is 0 Å². The number of ether oxygens (including phenoxy) is 3. The number of hydrogen-bond donors (Lipinski definition) is 3. The van der Waals surface area contributed by atoms with Crippen LogP contribution in [0, 0.1) is 5.92 Å². The van der Waals surface area contributed by atoms with Gasteiger partial charge in [-0.15, -0.1) is 11.3 Å². The maximum absolute atomic E-state index is 13.1. The molecule has 1 aliphatic carbocycles. The molecule has 3 atom stereocenters. The summed E-state index contributed by atoms with van der Waals surface area (Å²) in [7, 11) is 2.93. The average molecular weight is 596 g/mol. The summed E-state index contributed by atoms with van der Waals surface area (Å²) in [6.45, 7) is 0.235. The van der Waals surface area contributed by atoms with Crippen molar-refractivity contribution in [3.8, 4) is 0 Å². The summed E-state index contributed by atoms with van der Waals surface area (Å²) in [5.41, 5.74) is 0.836. The quantitative estimate of drug-likeness (QED) is 0.279. The van der Waals surface area contributed by atoms with Crippen LogP contribution in [0.2, 0.25) is 0 Å². The Kier molecular flexibility index (Phi) is 10.3. The van der Waals surface area contributed by atoms with Crippen molar-refractivity contribution in [2.24, 2.45) is 5.92 Å². The summed E-state index contributed by atoms with van der Waals surface area (Å²) < 4.78 is 54.6. The summed E-state index contributed by atoms with van der Waals surface area (Å²) in [6.07, 6.45) is -4.13. The smallest absolute Gasteiger partial charge is 0.407 e. The van der Waals surface area contributed by atoms with Crippen LogP contribution >= 0.6 is 11.3 Å². The molecule has 2 heterocycles. The van der Waals surface area contributed by atoms with Gasteiger partial charge in [-0.25, -0.2) is 14.8 Å². The van der Waals surface area contributed by atoms with Crippen molar-refractivity contribution in [3.05, 3.63) is 53.2 Å². The zero-order valence-corrected chi connectivity index (χ0v) is 23.4. The van der Waals surface area contributed by atoms with Gasteiger partial charge in [-0.1, -0.05) is 30.3 Å². The number of nitrogens with one attached hydrogen (secondary N) is 3. The maximum Gasteiger partial charge on any atom is 0.407 e. The zero-order chi connectivity index (χ0) is 29.4. The molecular formula is C27H32F3N5O5S. The highest BCUT2D eigenvalue weighted by molar-refractivity contribution is 7.18. The van der Waals surface area contributed by atoms with E-state index in [1.807, 2.05) is 30.3 Å². The van der Waals surface area contributed by atoms with E-state index in [1.165, 1.54) is 26.6 Å². The SMILES string of the molecule is COC(CNC(=O)[C@@H]1C[C@H](NC(=O)OCc2ccccc2)C[C@H](Nc2ncnc3sc(CC(F)(F)F)cc23)C1)OC. The van der Waals surface area contributed by atoms with E-state index in [1.54, 1.807) is 0 Å². The molecule has 2 amide bonds. The highest BCUT2D eigenvalue weighted by Gasteiger charge is 2.35. The number of alkyl halides is 3. The van der Waals surface area contributed by atoms with E-state index in [0.717, 1.165) is 16.9 Å². The second-order valence-corrected chi connectivity index (χ2v) is 10.9. The summed E-state index contributed by atoms with van der Waals surface area (Å²) in [4.78, 5) is 34.7. The van der Waals surface area contributed by atoms with E-state index < -0.39 is 36.9 Å². The molecule has 1 saturated carbocycles. The van der Waals surface area contributed by atoms with Crippen LogP contribution in [-0.2, 0) is 32.0 Å². The van der Waals surface area contributed by atoms with Gasteiger partial charge < -0.3 is 30.2 Å². The number of alkyl carbamates (subject to hydrolysis) is 1. The van der Waals surface area contributed by atoms with E-state index in [9.17, 15) is 22.8 Å². The number of aromatic nitrogens is 2. The topological polar surface area (TPSA) is 124 Å². The number of amides is 2. The van der Waals surface area contributed by atoms with Crippen molar-refractivity contribution in [1.29, 1.82) is 0 Å². The molecule has 3 N–H and O–H groups in total. The molecule has 4 rings (SSSR count). The van der Waals surface area contributed by atoms with Crippen molar-refractivity contribution in [2.45, 2.75) is 56.8 Å². The Balaban J connectivity index is 1.47. The van der Waals surface area contributed by atoms with Crippen molar-refractivity contribution < 1.29 is 37.0 Å². The van der Waals surface area contributed by atoms with E-state index in [-0.39, 0.29) is 30.0 Å². The second kappa shape index (κ2) is 13.9. The van der Waals surface area contributed by atoms with E-state index in [2.05, 4.69) is 25.9 Å².